The molecular weight excluding hydrogens is 440 g/mol. The molecule has 0 aliphatic carbocycles. The molecule has 0 unspecified atom stereocenters. The van der Waals surface area contributed by atoms with Gasteiger partial charge in [0.1, 0.15) is 24.5 Å². The highest BCUT2D eigenvalue weighted by Gasteiger charge is 2.24. The molecule has 8 nitrogen and oxygen atoms in total. The van der Waals surface area contributed by atoms with Gasteiger partial charge < -0.3 is 14.5 Å². The number of carbonyl (C=O) groups is 1. The van der Waals surface area contributed by atoms with Gasteiger partial charge in [-0.1, -0.05) is 29.8 Å². The first-order valence-corrected chi connectivity index (χ1v) is 11.1. The SMILES string of the molecule is Cc1cc(N2CCN(C(=O)c3cccc(OCc4cccc(Cl)c4)c3)CC2)n2ncnc2n1. The molecule has 2 aromatic carbocycles. The quantitative estimate of drug-likeness (QED) is 0.451. The van der Waals surface area contributed by atoms with Crippen molar-refractivity contribution in [3.8, 4) is 5.75 Å². The zero-order chi connectivity index (χ0) is 22.8. The number of hydrogen-bond acceptors (Lipinski definition) is 6. The minimum absolute atomic E-state index is 0.000308. The number of fused-ring (bicyclic) bond motifs is 1. The van der Waals surface area contributed by atoms with E-state index in [1.165, 1.54) is 6.33 Å². The van der Waals surface area contributed by atoms with Crippen molar-refractivity contribution >= 4 is 29.1 Å². The van der Waals surface area contributed by atoms with Crippen LogP contribution >= 0.6 is 11.6 Å². The summed E-state index contributed by atoms with van der Waals surface area (Å²) in [5.74, 6) is 2.18. The van der Waals surface area contributed by atoms with Crippen molar-refractivity contribution < 1.29 is 9.53 Å². The van der Waals surface area contributed by atoms with Crippen LogP contribution < -0.4 is 9.64 Å². The highest BCUT2D eigenvalue weighted by molar-refractivity contribution is 6.30. The average Bonchev–Trinajstić information content (AvgIpc) is 3.30. The van der Waals surface area contributed by atoms with Gasteiger partial charge in [-0.25, -0.2) is 4.98 Å². The van der Waals surface area contributed by atoms with Gasteiger partial charge in [-0.3, -0.25) is 4.79 Å². The fourth-order valence-corrected chi connectivity index (χ4v) is 4.18. The van der Waals surface area contributed by atoms with Crippen molar-refractivity contribution in [2.75, 3.05) is 31.1 Å². The summed E-state index contributed by atoms with van der Waals surface area (Å²) in [6, 6.07) is 16.9. The first-order valence-electron chi connectivity index (χ1n) is 10.8. The molecule has 0 N–H and O–H groups in total. The maximum absolute atomic E-state index is 13.1. The smallest absolute Gasteiger partial charge is 0.254 e. The lowest BCUT2D eigenvalue weighted by Gasteiger charge is -2.36. The van der Waals surface area contributed by atoms with Gasteiger partial charge in [-0.2, -0.15) is 14.6 Å². The summed E-state index contributed by atoms with van der Waals surface area (Å²) in [4.78, 5) is 25.8. The number of piperazine rings is 1. The Labute approximate surface area is 196 Å². The molecule has 1 aliphatic heterocycles. The van der Waals surface area contributed by atoms with Crippen LogP contribution in [0.5, 0.6) is 5.75 Å². The second-order valence-corrected chi connectivity index (χ2v) is 8.39. The average molecular weight is 463 g/mol. The molecule has 1 aliphatic rings. The highest BCUT2D eigenvalue weighted by atomic mass is 35.5. The van der Waals surface area contributed by atoms with Gasteiger partial charge in [0, 0.05) is 48.5 Å². The molecule has 1 fully saturated rings. The summed E-state index contributed by atoms with van der Waals surface area (Å²) < 4.78 is 7.63. The summed E-state index contributed by atoms with van der Waals surface area (Å²) in [5, 5.41) is 4.96. The number of aryl methyl sites for hydroxylation is 1. The summed E-state index contributed by atoms with van der Waals surface area (Å²) >= 11 is 6.04. The van der Waals surface area contributed by atoms with Crippen molar-refractivity contribution in [1.29, 1.82) is 0 Å². The van der Waals surface area contributed by atoms with Crippen LogP contribution in [-0.4, -0.2) is 56.6 Å². The molecular formula is C24H23ClN6O2. The fraction of sp³-hybridized carbons (Fsp3) is 0.250. The Balaban J connectivity index is 1.23. The monoisotopic (exact) mass is 462 g/mol. The van der Waals surface area contributed by atoms with E-state index in [2.05, 4.69) is 20.0 Å². The predicted molar refractivity (Wildman–Crippen MR) is 126 cm³/mol. The van der Waals surface area contributed by atoms with Crippen LogP contribution in [-0.2, 0) is 6.61 Å². The molecule has 3 heterocycles. The Morgan fingerprint density at radius 3 is 2.70 bits per heavy atom. The van der Waals surface area contributed by atoms with Crippen molar-refractivity contribution in [2.45, 2.75) is 13.5 Å². The summed E-state index contributed by atoms with van der Waals surface area (Å²) in [7, 11) is 0. The van der Waals surface area contributed by atoms with E-state index >= 15 is 0 Å². The van der Waals surface area contributed by atoms with Gasteiger partial charge in [0.05, 0.1) is 0 Å². The summed E-state index contributed by atoms with van der Waals surface area (Å²) in [6.45, 7) is 4.97. The maximum Gasteiger partial charge on any atom is 0.254 e. The van der Waals surface area contributed by atoms with Crippen LogP contribution in [0.25, 0.3) is 5.78 Å². The second-order valence-electron chi connectivity index (χ2n) is 7.95. The molecule has 1 amide bonds. The number of halogens is 1. The number of anilines is 1. The number of carbonyl (C=O) groups excluding carboxylic acids is 1. The topological polar surface area (TPSA) is 75.9 Å². The van der Waals surface area contributed by atoms with E-state index < -0.39 is 0 Å². The number of ether oxygens (including phenoxy) is 1. The summed E-state index contributed by atoms with van der Waals surface area (Å²) in [6.07, 6.45) is 1.51. The van der Waals surface area contributed by atoms with Crippen molar-refractivity contribution in [2.24, 2.45) is 0 Å². The Kier molecular flexibility index (Phi) is 5.83. The molecule has 0 radical (unpaired) electrons. The molecule has 1 saturated heterocycles. The van der Waals surface area contributed by atoms with Crippen LogP contribution in [0.1, 0.15) is 21.6 Å². The normalized spacial score (nSPS) is 14.0. The van der Waals surface area contributed by atoms with Gasteiger partial charge in [-0.05, 0) is 42.8 Å². The van der Waals surface area contributed by atoms with Crippen molar-refractivity contribution in [3.05, 3.63) is 82.8 Å². The van der Waals surface area contributed by atoms with E-state index in [4.69, 9.17) is 16.3 Å². The van der Waals surface area contributed by atoms with Gasteiger partial charge in [0.25, 0.3) is 11.7 Å². The van der Waals surface area contributed by atoms with Crippen LogP contribution in [0.15, 0.2) is 60.9 Å². The van der Waals surface area contributed by atoms with Gasteiger partial charge in [0.15, 0.2) is 0 Å². The van der Waals surface area contributed by atoms with E-state index in [1.54, 1.807) is 10.6 Å². The van der Waals surface area contributed by atoms with E-state index in [9.17, 15) is 4.79 Å². The first-order chi connectivity index (χ1) is 16.1. The Morgan fingerprint density at radius 1 is 1.06 bits per heavy atom. The molecule has 168 valence electrons. The fourth-order valence-electron chi connectivity index (χ4n) is 3.97. The van der Waals surface area contributed by atoms with E-state index in [0.29, 0.717) is 54.9 Å². The van der Waals surface area contributed by atoms with Crippen LogP contribution in [0, 0.1) is 6.92 Å². The highest BCUT2D eigenvalue weighted by Crippen LogP contribution is 2.21. The minimum atomic E-state index is -0.000308. The number of benzene rings is 2. The number of aromatic nitrogens is 4. The molecule has 0 saturated carbocycles. The molecule has 0 spiro atoms. The second kappa shape index (κ2) is 9.07. The van der Waals surface area contributed by atoms with Gasteiger partial charge in [-0.15, -0.1) is 0 Å². The first kappa shape index (κ1) is 21.2. The van der Waals surface area contributed by atoms with Crippen LogP contribution in [0.2, 0.25) is 5.02 Å². The lowest BCUT2D eigenvalue weighted by Crippen LogP contribution is -2.49. The third-order valence-electron chi connectivity index (χ3n) is 5.63. The maximum atomic E-state index is 13.1. The van der Waals surface area contributed by atoms with E-state index in [-0.39, 0.29) is 5.91 Å². The number of amides is 1. The third-order valence-corrected chi connectivity index (χ3v) is 5.86. The molecule has 33 heavy (non-hydrogen) atoms. The zero-order valence-electron chi connectivity index (χ0n) is 18.2. The third kappa shape index (κ3) is 4.61. The largest absolute Gasteiger partial charge is 0.489 e. The standard InChI is InChI=1S/C24H23ClN6O2/c1-17-12-22(31-24(28-17)26-16-27-31)29-8-10-30(11-9-29)23(32)19-5-3-7-21(14-19)33-15-18-4-2-6-20(25)13-18/h2-7,12-14,16H,8-11,15H2,1H3. The molecule has 4 aromatic rings. The number of hydrogen-bond donors (Lipinski definition) is 0. The predicted octanol–water partition coefficient (Wildman–Crippen LogP) is 3.63. The lowest BCUT2D eigenvalue weighted by atomic mass is 10.1. The van der Waals surface area contributed by atoms with E-state index in [0.717, 1.165) is 17.1 Å². The lowest BCUT2D eigenvalue weighted by molar-refractivity contribution is 0.0746. The molecule has 5 rings (SSSR count). The molecule has 2 aromatic heterocycles. The molecule has 9 heteroatoms. The van der Waals surface area contributed by atoms with Crippen molar-refractivity contribution in [1.82, 2.24) is 24.5 Å². The van der Waals surface area contributed by atoms with E-state index in [1.807, 2.05) is 60.4 Å². The van der Waals surface area contributed by atoms with Gasteiger partial charge >= 0.3 is 0 Å². The number of rotatable bonds is 5. The zero-order valence-corrected chi connectivity index (χ0v) is 18.9. The number of nitrogens with zero attached hydrogens (tertiary/aromatic N) is 6. The van der Waals surface area contributed by atoms with Gasteiger partial charge in [0.2, 0.25) is 0 Å². The minimum Gasteiger partial charge on any atom is -0.489 e. The van der Waals surface area contributed by atoms with Crippen LogP contribution in [0.4, 0.5) is 5.82 Å². The Morgan fingerprint density at radius 2 is 1.88 bits per heavy atom. The van der Waals surface area contributed by atoms with Crippen LogP contribution in [0.3, 0.4) is 0 Å². The van der Waals surface area contributed by atoms with Crippen molar-refractivity contribution in [3.63, 3.8) is 0 Å². The summed E-state index contributed by atoms with van der Waals surface area (Å²) in [5.41, 5.74) is 2.48. The molecule has 0 atom stereocenters. The Bertz CT molecular complexity index is 1300. The molecule has 0 bridgehead atoms. The Hall–Kier alpha value is -3.65.